The molecule has 1 aromatic carbocycles. The molecule has 5 nitrogen and oxygen atoms in total. The van der Waals surface area contributed by atoms with Crippen molar-refractivity contribution in [2.24, 2.45) is 11.7 Å². The molecule has 2 N–H and O–H groups in total. The highest BCUT2D eigenvalue weighted by Gasteiger charge is 2.42. The summed E-state index contributed by atoms with van der Waals surface area (Å²) in [4.78, 5) is 15.0. The van der Waals surface area contributed by atoms with Crippen LogP contribution in [0.5, 0.6) is 11.5 Å². The van der Waals surface area contributed by atoms with Gasteiger partial charge in [-0.2, -0.15) is 0 Å². The number of nitrogens with zero attached hydrogens (tertiary/aromatic N) is 1. The zero-order chi connectivity index (χ0) is 17.0. The summed E-state index contributed by atoms with van der Waals surface area (Å²) in [6.45, 7) is 8.23. The molecular weight excluding hydrogens is 292 g/mol. The maximum absolute atomic E-state index is 13.1. The van der Waals surface area contributed by atoms with Gasteiger partial charge in [0, 0.05) is 12.1 Å². The lowest BCUT2D eigenvalue weighted by atomic mass is 9.90. The topological polar surface area (TPSA) is 64.8 Å². The van der Waals surface area contributed by atoms with E-state index in [4.69, 9.17) is 15.2 Å². The number of para-hydroxylation sites is 1. The molecule has 0 radical (unpaired) electrons. The van der Waals surface area contributed by atoms with E-state index >= 15 is 0 Å². The number of carbonyl (C=O) groups is 1. The summed E-state index contributed by atoms with van der Waals surface area (Å²) in [6.07, 6.45) is 1.75. The van der Waals surface area contributed by atoms with Crippen LogP contribution in [0.1, 0.15) is 44.0 Å². The van der Waals surface area contributed by atoms with Gasteiger partial charge < -0.3 is 20.1 Å². The summed E-state index contributed by atoms with van der Waals surface area (Å²) < 4.78 is 11.2. The lowest BCUT2D eigenvalue weighted by molar-refractivity contribution is 0.0606. The van der Waals surface area contributed by atoms with Gasteiger partial charge in [-0.1, -0.05) is 13.0 Å². The molecule has 0 aliphatic carbocycles. The van der Waals surface area contributed by atoms with E-state index in [1.807, 2.05) is 23.1 Å². The normalized spacial score (nSPS) is 19.7. The number of carbonyl (C=O) groups excluding carboxylic acids is 1. The Labute approximate surface area is 138 Å². The van der Waals surface area contributed by atoms with Crippen LogP contribution in [0.25, 0.3) is 0 Å². The molecule has 1 heterocycles. The second-order valence-electron chi connectivity index (χ2n) is 6.63. The molecule has 1 aliphatic heterocycles. The maximum atomic E-state index is 13.1. The molecule has 0 aromatic heterocycles. The molecule has 2 rings (SSSR count). The van der Waals surface area contributed by atoms with Gasteiger partial charge in [-0.15, -0.1) is 0 Å². The minimum atomic E-state index is -0.158. The number of methoxy groups -OCH3 is 1. The average Bonchev–Trinajstić information content (AvgIpc) is 2.80. The third-order valence-corrected chi connectivity index (χ3v) is 4.96. The fraction of sp³-hybridized carbons (Fsp3) is 0.611. The molecule has 0 saturated carbocycles. The van der Waals surface area contributed by atoms with Crippen LogP contribution in [0.3, 0.4) is 0 Å². The molecule has 0 spiro atoms. The molecule has 1 atom stereocenters. The Morgan fingerprint density at radius 2 is 2.17 bits per heavy atom. The van der Waals surface area contributed by atoms with Gasteiger partial charge in [0.2, 0.25) is 0 Å². The van der Waals surface area contributed by atoms with E-state index in [1.54, 1.807) is 7.11 Å². The van der Waals surface area contributed by atoms with E-state index in [9.17, 15) is 4.79 Å². The molecule has 1 aromatic rings. The third-order valence-electron chi connectivity index (χ3n) is 4.96. The Hall–Kier alpha value is -1.75. The first-order valence-corrected chi connectivity index (χ1v) is 8.25. The van der Waals surface area contributed by atoms with Crippen LogP contribution in [0.2, 0.25) is 0 Å². The van der Waals surface area contributed by atoms with Crippen molar-refractivity contribution in [2.45, 2.75) is 39.2 Å². The first-order valence-electron chi connectivity index (χ1n) is 8.25. The highest BCUT2D eigenvalue weighted by molar-refractivity contribution is 5.98. The van der Waals surface area contributed by atoms with Gasteiger partial charge in [-0.25, -0.2) is 0 Å². The SMILES string of the molecule is COc1cccc(C(=O)N2CC[C@@H](C)C2(C)C)c1OCCCN. The predicted molar refractivity (Wildman–Crippen MR) is 91.1 cm³/mol. The standard InChI is InChI=1S/C18H28N2O3/c1-13-9-11-20(18(13,2)3)17(21)14-7-5-8-15(22-4)16(14)23-12-6-10-19/h5,7-8,13H,6,9-12,19H2,1-4H3/t13-/m1/s1. The Bertz CT molecular complexity index is 557. The lowest BCUT2D eigenvalue weighted by Gasteiger charge is -2.35. The van der Waals surface area contributed by atoms with Crippen LogP contribution in [-0.2, 0) is 0 Å². The number of rotatable bonds is 6. The number of ether oxygens (including phenoxy) is 2. The van der Waals surface area contributed by atoms with Gasteiger partial charge in [-0.05, 0) is 51.3 Å². The van der Waals surface area contributed by atoms with Gasteiger partial charge in [0.15, 0.2) is 11.5 Å². The fourth-order valence-corrected chi connectivity index (χ4v) is 2.99. The number of amides is 1. The second-order valence-corrected chi connectivity index (χ2v) is 6.63. The van der Waals surface area contributed by atoms with Gasteiger partial charge in [-0.3, -0.25) is 4.79 Å². The molecule has 23 heavy (non-hydrogen) atoms. The zero-order valence-electron chi connectivity index (χ0n) is 14.6. The highest BCUT2D eigenvalue weighted by Crippen LogP contribution is 2.38. The minimum absolute atomic E-state index is 0.000925. The predicted octanol–water partition coefficient (Wildman–Crippen LogP) is 2.68. The van der Waals surface area contributed by atoms with Crippen LogP contribution < -0.4 is 15.2 Å². The summed E-state index contributed by atoms with van der Waals surface area (Å²) in [5.74, 6) is 1.57. The Morgan fingerprint density at radius 1 is 1.43 bits per heavy atom. The van der Waals surface area contributed by atoms with E-state index in [2.05, 4.69) is 20.8 Å². The van der Waals surface area contributed by atoms with E-state index < -0.39 is 0 Å². The molecule has 0 bridgehead atoms. The van der Waals surface area contributed by atoms with Crippen molar-refractivity contribution in [3.05, 3.63) is 23.8 Å². The van der Waals surface area contributed by atoms with E-state index in [0.717, 1.165) is 19.4 Å². The summed E-state index contributed by atoms with van der Waals surface area (Å²) in [7, 11) is 1.58. The van der Waals surface area contributed by atoms with E-state index in [-0.39, 0.29) is 11.4 Å². The van der Waals surface area contributed by atoms with Crippen molar-refractivity contribution in [3.63, 3.8) is 0 Å². The third kappa shape index (κ3) is 3.44. The van der Waals surface area contributed by atoms with Crippen LogP contribution in [0.15, 0.2) is 18.2 Å². The lowest BCUT2D eigenvalue weighted by Crippen LogP contribution is -2.45. The van der Waals surface area contributed by atoms with E-state index in [1.165, 1.54) is 0 Å². The molecular formula is C18H28N2O3. The fourth-order valence-electron chi connectivity index (χ4n) is 2.99. The largest absolute Gasteiger partial charge is 0.493 e. The minimum Gasteiger partial charge on any atom is -0.493 e. The van der Waals surface area contributed by atoms with Crippen molar-refractivity contribution in [1.82, 2.24) is 4.90 Å². The van der Waals surface area contributed by atoms with E-state index in [0.29, 0.717) is 36.1 Å². The molecule has 1 saturated heterocycles. The molecule has 1 aliphatic rings. The first-order chi connectivity index (χ1) is 10.9. The highest BCUT2D eigenvalue weighted by atomic mass is 16.5. The van der Waals surface area contributed by atoms with Crippen molar-refractivity contribution in [3.8, 4) is 11.5 Å². The van der Waals surface area contributed by atoms with Crippen molar-refractivity contribution >= 4 is 5.91 Å². The summed E-state index contributed by atoms with van der Waals surface area (Å²) >= 11 is 0. The summed E-state index contributed by atoms with van der Waals surface area (Å²) in [5, 5.41) is 0. The summed E-state index contributed by atoms with van der Waals surface area (Å²) in [6, 6.07) is 5.45. The van der Waals surface area contributed by atoms with Crippen LogP contribution in [-0.4, -0.2) is 43.2 Å². The number of hydrogen-bond acceptors (Lipinski definition) is 4. The molecule has 128 valence electrons. The van der Waals surface area contributed by atoms with Crippen molar-refractivity contribution in [1.29, 1.82) is 0 Å². The smallest absolute Gasteiger partial charge is 0.258 e. The number of likely N-dealkylation sites (tertiary alicyclic amines) is 1. The molecule has 1 amide bonds. The van der Waals surface area contributed by atoms with Gasteiger partial charge >= 0.3 is 0 Å². The Morgan fingerprint density at radius 3 is 2.74 bits per heavy atom. The molecule has 0 unspecified atom stereocenters. The van der Waals surface area contributed by atoms with Crippen molar-refractivity contribution in [2.75, 3.05) is 26.8 Å². The number of nitrogens with two attached hydrogens (primary N) is 1. The van der Waals surface area contributed by atoms with Gasteiger partial charge in [0.05, 0.1) is 19.3 Å². The quantitative estimate of drug-likeness (QED) is 0.819. The number of benzene rings is 1. The molecule has 5 heteroatoms. The maximum Gasteiger partial charge on any atom is 0.258 e. The molecule has 1 fully saturated rings. The average molecular weight is 320 g/mol. The van der Waals surface area contributed by atoms with Crippen molar-refractivity contribution < 1.29 is 14.3 Å². The van der Waals surface area contributed by atoms with Crippen LogP contribution in [0, 0.1) is 5.92 Å². The van der Waals surface area contributed by atoms with Gasteiger partial charge in [0.1, 0.15) is 0 Å². The summed E-state index contributed by atoms with van der Waals surface area (Å²) in [5.41, 5.74) is 5.93. The van der Waals surface area contributed by atoms with Gasteiger partial charge in [0.25, 0.3) is 5.91 Å². The Kier molecular flexibility index (Phi) is 5.52. The number of hydrogen-bond donors (Lipinski definition) is 1. The zero-order valence-corrected chi connectivity index (χ0v) is 14.6. The van der Waals surface area contributed by atoms with Crippen LogP contribution >= 0.6 is 0 Å². The van der Waals surface area contributed by atoms with Crippen LogP contribution in [0.4, 0.5) is 0 Å². The Balaban J connectivity index is 2.32. The first kappa shape index (κ1) is 17.6. The second kappa shape index (κ2) is 7.21. The monoisotopic (exact) mass is 320 g/mol.